The first kappa shape index (κ1) is 34.2. The third-order valence-electron chi connectivity index (χ3n) is 9.72. The molecule has 45 heavy (non-hydrogen) atoms. The Kier molecular flexibility index (Phi) is 11.1. The summed E-state index contributed by atoms with van der Waals surface area (Å²) in [7, 11) is 0. The minimum atomic E-state index is 0.277. The second-order valence-corrected chi connectivity index (χ2v) is 13.4. The summed E-state index contributed by atoms with van der Waals surface area (Å²) < 4.78 is 0. The van der Waals surface area contributed by atoms with Crippen molar-refractivity contribution in [3.8, 4) is 50.6 Å². The van der Waals surface area contributed by atoms with Gasteiger partial charge in [-0.1, -0.05) is 79.0 Å². The van der Waals surface area contributed by atoms with Gasteiger partial charge in [0.25, 0.3) is 0 Å². The number of hydrogen-bond acceptors (Lipinski definition) is 3. The molecule has 0 spiro atoms. The van der Waals surface area contributed by atoms with Crippen LogP contribution in [0.1, 0.15) is 131 Å². The maximum atomic E-state index is 10.6. The molecular weight excluding hydrogens is 552 g/mol. The molecule has 0 aromatic heterocycles. The number of aryl methyl sites for hydroxylation is 3. The molecule has 0 aliphatic carbocycles. The van der Waals surface area contributed by atoms with Gasteiger partial charge in [0.2, 0.25) is 0 Å². The Morgan fingerprint density at radius 1 is 0.444 bits per heavy atom. The van der Waals surface area contributed by atoms with E-state index in [0.29, 0.717) is 17.2 Å². The predicted molar refractivity (Wildman–Crippen MR) is 192 cm³/mol. The summed E-state index contributed by atoms with van der Waals surface area (Å²) in [5.74, 6) is 1.75. The van der Waals surface area contributed by atoms with Crippen LogP contribution in [0.15, 0.2) is 54.6 Å². The van der Waals surface area contributed by atoms with E-state index in [4.69, 9.17) is 0 Å². The van der Waals surface area contributed by atoms with Gasteiger partial charge in [-0.2, -0.15) is 0 Å². The van der Waals surface area contributed by atoms with Crippen LogP contribution in [0.5, 0.6) is 17.2 Å². The Morgan fingerprint density at radius 2 is 0.689 bits per heavy atom. The third-order valence-corrected chi connectivity index (χ3v) is 9.72. The zero-order chi connectivity index (χ0) is 33.0. The first-order valence-corrected chi connectivity index (χ1v) is 17.1. The molecule has 0 saturated carbocycles. The van der Waals surface area contributed by atoms with Crippen molar-refractivity contribution in [2.75, 3.05) is 0 Å². The van der Waals surface area contributed by atoms with E-state index in [2.05, 4.69) is 77.9 Å². The molecule has 3 atom stereocenters. The van der Waals surface area contributed by atoms with Gasteiger partial charge in [0.05, 0.1) is 0 Å². The average molecular weight is 607 g/mol. The van der Waals surface area contributed by atoms with Gasteiger partial charge in [-0.25, -0.2) is 0 Å². The summed E-state index contributed by atoms with van der Waals surface area (Å²) in [6.07, 6.45) is 6.37. The molecule has 240 valence electrons. The van der Waals surface area contributed by atoms with Crippen LogP contribution in [-0.4, -0.2) is 15.3 Å². The quantitative estimate of drug-likeness (QED) is 0.150. The van der Waals surface area contributed by atoms with Crippen molar-refractivity contribution in [3.05, 3.63) is 88.0 Å². The second kappa shape index (κ2) is 14.6. The first-order chi connectivity index (χ1) is 21.4. The van der Waals surface area contributed by atoms with Gasteiger partial charge < -0.3 is 15.3 Å². The lowest BCUT2D eigenvalue weighted by molar-refractivity contribution is 0.471. The summed E-state index contributed by atoms with van der Waals surface area (Å²) in [6, 6.07) is 18.3. The van der Waals surface area contributed by atoms with E-state index in [0.717, 1.165) is 71.9 Å². The lowest BCUT2D eigenvalue weighted by Gasteiger charge is -2.34. The van der Waals surface area contributed by atoms with Gasteiger partial charge >= 0.3 is 0 Å². The molecule has 3 unspecified atom stereocenters. The Bertz CT molecular complexity index is 1430. The molecule has 0 saturated heterocycles. The molecule has 3 nitrogen and oxygen atoms in total. The highest BCUT2D eigenvalue weighted by atomic mass is 16.3. The third kappa shape index (κ3) is 6.93. The summed E-state index contributed by atoms with van der Waals surface area (Å²) in [5, 5.41) is 31.9. The fourth-order valence-electron chi connectivity index (χ4n) is 7.39. The van der Waals surface area contributed by atoms with Gasteiger partial charge in [-0.15, -0.1) is 0 Å². The second-order valence-electron chi connectivity index (χ2n) is 13.4. The maximum absolute atomic E-state index is 10.6. The fourth-order valence-corrected chi connectivity index (χ4v) is 7.39. The van der Waals surface area contributed by atoms with Crippen molar-refractivity contribution < 1.29 is 15.3 Å². The first-order valence-electron chi connectivity index (χ1n) is 17.1. The van der Waals surface area contributed by atoms with Crippen molar-refractivity contribution in [2.24, 2.45) is 0 Å². The Balaban J connectivity index is 2.41. The van der Waals surface area contributed by atoms with Crippen molar-refractivity contribution in [3.63, 3.8) is 0 Å². The summed E-state index contributed by atoms with van der Waals surface area (Å²) in [6.45, 7) is 19.9. The smallest absolute Gasteiger partial charge is 0.118 e. The number of phenolic OH excluding ortho intramolecular Hbond substituents is 3. The highest BCUT2D eigenvalue weighted by Crippen LogP contribution is 2.54. The molecule has 0 heterocycles. The SMILES string of the molecule is CCCC(C)c1c(-c2ccc(O)c(C)c2)c(C(C)CCC)c(-c2ccc(O)c(C)c2)c(C(C)CCC)c1-c1ccc(O)c(C)c1. The van der Waals surface area contributed by atoms with Crippen LogP contribution in [0.25, 0.3) is 33.4 Å². The van der Waals surface area contributed by atoms with E-state index in [1.165, 1.54) is 33.4 Å². The van der Waals surface area contributed by atoms with Crippen LogP contribution in [0, 0.1) is 20.8 Å². The average Bonchev–Trinajstić information content (AvgIpc) is 3.00. The van der Waals surface area contributed by atoms with E-state index in [-0.39, 0.29) is 17.8 Å². The largest absolute Gasteiger partial charge is 0.508 e. The molecule has 0 bridgehead atoms. The topological polar surface area (TPSA) is 60.7 Å². The monoisotopic (exact) mass is 606 g/mol. The standard InChI is InChI=1S/C42H54O3/c1-10-13-25(4)37-40(31-16-19-34(43)28(7)22-31)38(26(5)14-11-2)42(33-18-21-36(45)30(9)24-33)39(27(6)15-12-3)41(37)32-17-20-35(44)29(8)23-32/h16-27,43-45H,10-15H2,1-9H3. The molecule has 0 radical (unpaired) electrons. The van der Waals surface area contributed by atoms with Crippen LogP contribution >= 0.6 is 0 Å². The fraction of sp³-hybridized carbons (Fsp3) is 0.429. The van der Waals surface area contributed by atoms with Crippen molar-refractivity contribution in [2.45, 2.75) is 119 Å². The van der Waals surface area contributed by atoms with Crippen LogP contribution in [0.2, 0.25) is 0 Å². The zero-order valence-electron chi connectivity index (χ0n) is 29.0. The van der Waals surface area contributed by atoms with Crippen molar-refractivity contribution in [1.82, 2.24) is 0 Å². The minimum absolute atomic E-state index is 0.277. The van der Waals surface area contributed by atoms with E-state index in [1.54, 1.807) is 0 Å². The van der Waals surface area contributed by atoms with Crippen molar-refractivity contribution >= 4 is 0 Å². The van der Waals surface area contributed by atoms with E-state index < -0.39 is 0 Å². The Hall–Kier alpha value is -3.72. The molecular formula is C42H54O3. The van der Waals surface area contributed by atoms with E-state index in [9.17, 15) is 15.3 Å². The van der Waals surface area contributed by atoms with E-state index >= 15 is 0 Å². The van der Waals surface area contributed by atoms with Gasteiger partial charge in [-0.3, -0.25) is 0 Å². The summed E-state index contributed by atoms with van der Waals surface area (Å²) in [5.41, 5.74) is 13.9. The number of benzene rings is 4. The van der Waals surface area contributed by atoms with Gasteiger partial charge in [0.15, 0.2) is 0 Å². The summed E-state index contributed by atoms with van der Waals surface area (Å²) >= 11 is 0. The lowest BCUT2D eigenvalue weighted by atomic mass is 9.69. The predicted octanol–water partition coefficient (Wildman–Crippen LogP) is 12.4. The molecule has 0 amide bonds. The number of hydrogen-bond donors (Lipinski definition) is 3. The molecule has 4 aromatic carbocycles. The molecule has 0 aliphatic heterocycles. The molecule has 0 fully saturated rings. The number of rotatable bonds is 12. The van der Waals surface area contributed by atoms with Crippen LogP contribution < -0.4 is 0 Å². The van der Waals surface area contributed by atoms with Gasteiger partial charge in [0, 0.05) is 0 Å². The molecule has 4 rings (SSSR count). The summed E-state index contributed by atoms with van der Waals surface area (Å²) in [4.78, 5) is 0. The molecule has 3 N–H and O–H groups in total. The van der Waals surface area contributed by atoms with Crippen molar-refractivity contribution in [1.29, 1.82) is 0 Å². The number of aromatic hydroxyl groups is 3. The van der Waals surface area contributed by atoms with E-state index in [1.807, 2.05) is 39.0 Å². The highest BCUT2D eigenvalue weighted by Gasteiger charge is 2.32. The van der Waals surface area contributed by atoms with Gasteiger partial charge in [0.1, 0.15) is 17.2 Å². The molecule has 3 heteroatoms. The maximum Gasteiger partial charge on any atom is 0.118 e. The Morgan fingerprint density at radius 3 is 0.889 bits per heavy atom. The van der Waals surface area contributed by atoms with Crippen LogP contribution in [-0.2, 0) is 0 Å². The highest BCUT2D eigenvalue weighted by molar-refractivity contribution is 5.94. The number of phenols is 3. The van der Waals surface area contributed by atoms with Gasteiger partial charge in [-0.05, 0) is 161 Å². The normalized spacial score (nSPS) is 13.5. The van der Waals surface area contributed by atoms with Crippen LogP contribution in [0.4, 0.5) is 0 Å². The molecule has 4 aromatic rings. The zero-order valence-corrected chi connectivity index (χ0v) is 29.0. The minimum Gasteiger partial charge on any atom is -0.508 e. The van der Waals surface area contributed by atoms with Crippen LogP contribution in [0.3, 0.4) is 0 Å². The Labute approximate surface area is 272 Å². The molecule has 0 aliphatic rings. The lowest BCUT2D eigenvalue weighted by Crippen LogP contribution is -2.14.